The van der Waals surface area contributed by atoms with Crippen molar-refractivity contribution < 1.29 is 19.1 Å². The smallest absolute Gasteiger partial charge is 0.340 e. The zero-order chi connectivity index (χ0) is 20.4. The predicted molar refractivity (Wildman–Crippen MR) is 112 cm³/mol. The van der Waals surface area contributed by atoms with Crippen molar-refractivity contribution in [3.63, 3.8) is 0 Å². The number of benzene rings is 2. The Morgan fingerprint density at radius 2 is 1.79 bits per heavy atom. The Morgan fingerprint density at radius 3 is 2.59 bits per heavy atom. The van der Waals surface area contributed by atoms with Gasteiger partial charge in [-0.3, -0.25) is 4.79 Å². The zero-order valence-corrected chi connectivity index (χ0v) is 16.1. The normalized spacial score (nSPS) is 10.8. The number of aromatic nitrogens is 1. The molecule has 0 saturated carbocycles. The Labute approximate surface area is 167 Å². The molecular formula is C23H20N2O4. The number of amides is 1. The first-order chi connectivity index (χ1) is 14.1. The third-order valence-electron chi connectivity index (χ3n) is 4.74. The first-order valence-electron chi connectivity index (χ1n) is 9.28. The van der Waals surface area contributed by atoms with E-state index in [-0.39, 0.29) is 12.5 Å². The first-order valence-corrected chi connectivity index (χ1v) is 9.28. The molecule has 4 aromatic rings. The number of hydrogen-bond donors (Lipinski definition) is 1. The first kappa shape index (κ1) is 18.6. The summed E-state index contributed by atoms with van der Waals surface area (Å²) in [6.45, 7) is 2.01. The zero-order valence-electron chi connectivity index (χ0n) is 16.1. The van der Waals surface area contributed by atoms with Crippen molar-refractivity contribution in [3.8, 4) is 5.75 Å². The summed E-state index contributed by atoms with van der Waals surface area (Å²) in [5.74, 6) is -0.259. The number of pyridine rings is 1. The molecule has 6 nitrogen and oxygen atoms in total. The van der Waals surface area contributed by atoms with Crippen molar-refractivity contribution in [1.82, 2.24) is 4.40 Å². The van der Waals surface area contributed by atoms with Crippen molar-refractivity contribution in [2.45, 2.75) is 6.92 Å². The predicted octanol–water partition coefficient (Wildman–Crippen LogP) is 4.53. The Hall–Kier alpha value is -3.80. The van der Waals surface area contributed by atoms with E-state index in [2.05, 4.69) is 5.32 Å². The molecule has 0 saturated heterocycles. The summed E-state index contributed by atoms with van der Waals surface area (Å²) in [5.41, 5.74) is 1.88. The number of hydrogen-bond acceptors (Lipinski definition) is 4. The number of ether oxygens (including phenoxy) is 2. The third-order valence-corrected chi connectivity index (χ3v) is 4.74. The second-order valence-electron chi connectivity index (χ2n) is 6.44. The van der Waals surface area contributed by atoms with Crippen LogP contribution in [-0.4, -0.2) is 30.0 Å². The number of fused-ring (bicyclic) bond motifs is 3. The van der Waals surface area contributed by atoms with E-state index in [9.17, 15) is 9.59 Å². The van der Waals surface area contributed by atoms with Gasteiger partial charge in [-0.25, -0.2) is 4.79 Å². The summed E-state index contributed by atoms with van der Waals surface area (Å²) in [6.07, 6.45) is 1.79. The van der Waals surface area contributed by atoms with Crippen molar-refractivity contribution in [1.29, 1.82) is 0 Å². The number of para-hydroxylation sites is 2. The topological polar surface area (TPSA) is 69.0 Å². The second kappa shape index (κ2) is 7.67. The molecule has 0 aliphatic heterocycles. The van der Waals surface area contributed by atoms with Crippen molar-refractivity contribution in [3.05, 3.63) is 78.1 Å². The maximum Gasteiger partial charge on any atom is 0.340 e. The fraction of sp³-hybridized carbons (Fsp3) is 0.130. The van der Waals surface area contributed by atoms with E-state index in [1.165, 1.54) is 0 Å². The van der Waals surface area contributed by atoms with Gasteiger partial charge < -0.3 is 19.2 Å². The molecule has 29 heavy (non-hydrogen) atoms. The summed E-state index contributed by atoms with van der Waals surface area (Å²) >= 11 is 0. The molecule has 0 aliphatic rings. The van der Waals surface area contributed by atoms with Gasteiger partial charge in [0.15, 0.2) is 0 Å². The van der Waals surface area contributed by atoms with Gasteiger partial charge in [-0.2, -0.15) is 0 Å². The van der Waals surface area contributed by atoms with Crippen LogP contribution in [0.3, 0.4) is 0 Å². The quantitative estimate of drug-likeness (QED) is 0.510. The lowest BCUT2D eigenvalue weighted by molar-refractivity contribution is 0.0529. The van der Waals surface area contributed by atoms with Gasteiger partial charge in [-0.05, 0) is 36.6 Å². The Kier molecular flexibility index (Phi) is 4.91. The van der Waals surface area contributed by atoms with Crippen molar-refractivity contribution in [2.24, 2.45) is 0 Å². The summed E-state index contributed by atoms with van der Waals surface area (Å²) in [7, 11) is 1.54. The van der Waals surface area contributed by atoms with Gasteiger partial charge in [0.2, 0.25) is 0 Å². The van der Waals surface area contributed by atoms with E-state index in [0.29, 0.717) is 28.2 Å². The van der Waals surface area contributed by atoms with Gasteiger partial charge >= 0.3 is 5.97 Å². The number of anilines is 1. The molecule has 0 aliphatic carbocycles. The van der Waals surface area contributed by atoms with E-state index in [0.717, 1.165) is 10.8 Å². The molecular weight excluding hydrogens is 368 g/mol. The monoisotopic (exact) mass is 388 g/mol. The number of nitrogens with one attached hydrogen (secondary N) is 1. The van der Waals surface area contributed by atoms with Crippen LogP contribution in [0.25, 0.3) is 16.3 Å². The maximum absolute atomic E-state index is 13.1. The summed E-state index contributed by atoms with van der Waals surface area (Å²) in [5, 5.41) is 4.71. The molecule has 0 atom stereocenters. The molecule has 0 unspecified atom stereocenters. The number of carbonyl (C=O) groups is 2. The van der Waals surface area contributed by atoms with Crippen LogP contribution >= 0.6 is 0 Å². The second-order valence-corrected chi connectivity index (χ2v) is 6.44. The Bertz CT molecular complexity index is 1230. The van der Waals surface area contributed by atoms with Crippen LogP contribution in [0.2, 0.25) is 0 Å². The summed E-state index contributed by atoms with van der Waals surface area (Å²) in [6, 6.07) is 18.4. The van der Waals surface area contributed by atoms with Gasteiger partial charge in [-0.15, -0.1) is 0 Å². The number of esters is 1. The molecule has 0 spiro atoms. The van der Waals surface area contributed by atoms with Crippen LogP contribution in [0, 0.1) is 0 Å². The van der Waals surface area contributed by atoms with Gasteiger partial charge in [0.05, 0.1) is 30.5 Å². The number of nitrogens with zero attached hydrogens (tertiary/aromatic N) is 1. The lowest BCUT2D eigenvalue weighted by Gasteiger charge is -2.10. The van der Waals surface area contributed by atoms with Crippen LogP contribution in [0.15, 0.2) is 66.9 Å². The largest absolute Gasteiger partial charge is 0.495 e. The lowest BCUT2D eigenvalue weighted by atomic mass is 10.1. The molecule has 146 valence electrons. The highest BCUT2D eigenvalue weighted by Gasteiger charge is 2.22. The molecule has 4 rings (SSSR count). The lowest BCUT2D eigenvalue weighted by Crippen LogP contribution is -2.14. The fourth-order valence-electron chi connectivity index (χ4n) is 3.44. The molecule has 2 aromatic carbocycles. The highest BCUT2D eigenvalue weighted by molar-refractivity contribution is 6.13. The highest BCUT2D eigenvalue weighted by Crippen LogP contribution is 2.29. The van der Waals surface area contributed by atoms with Crippen LogP contribution in [-0.2, 0) is 4.74 Å². The van der Waals surface area contributed by atoms with Crippen LogP contribution < -0.4 is 10.1 Å². The van der Waals surface area contributed by atoms with Crippen molar-refractivity contribution in [2.75, 3.05) is 19.0 Å². The average Bonchev–Trinajstić information content (AvgIpc) is 3.15. The molecule has 0 fully saturated rings. The summed E-state index contributed by atoms with van der Waals surface area (Å²) in [4.78, 5) is 25.7. The molecule has 0 bridgehead atoms. The minimum Gasteiger partial charge on any atom is -0.495 e. The fourth-order valence-corrected chi connectivity index (χ4v) is 3.44. The van der Waals surface area contributed by atoms with Gasteiger partial charge in [0, 0.05) is 11.6 Å². The van der Waals surface area contributed by atoms with Crippen LogP contribution in [0.4, 0.5) is 5.69 Å². The minimum atomic E-state index is -0.460. The number of carbonyl (C=O) groups excluding carboxylic acids is 2. The molecule has 2 heterocycles. The average molecular weight is 388 g/mol. The standard InChI is InChI=1S/C23H20N2O4/c1-3-29-23(27)17-14-19(22(26)24-18-10-6-7-11-20(18)28-2)25-13-12-15-8-4-5-9-16(15)21(17)25/h4-14H,3H2,1-2H3,(H,24,26). The summed E-state index contributed by atoms with van der Waals surface area (Å²) < 4.78 is 12.3. The van der Waals surface area contributed by atoms with E-state index in [1.54, 1.807) is 42.8 Å². The van der Waals surface area contributed by atoms with E-state index < -0.39 is 5.97 Å². The third kappa shape index (κ3) is 3.29. The maximum atomic E-state index is 13.1. The minimum absolute atomic E-state index is 0.254. The highest BCUT2D eigenvalue weighted by atomic mass is 16.5. The number of rotatable bonds is 5. The van der Waals surface area contributed by atoms with Gasteiger partial charge in [0.25, 0.3) is 5.91 Å². The number of methoxy groups -OCH3 is 1. The van der Waals surface area contributed by atoms with Gasteiger partial charge in [0.1, 0.15) is 11.4 Å². The molecule has 1 amide bonds. The molecule has 0 radical (unpaired) electrons. The Balaban J connectivity index is 1.87. The van der Waals surface area contributed by atoms with E-state index in [1.807, 2.05) is 42.5 Å². The molecule has 6 heteroatoms. The SMILES string of the molecule is CCOC(=O)c1cc(C(=O)Nc2ccccc2OC)n2ccc3ccccc3c12. The Morgan fingerprint density at radius 1 is 1.03 bits per heavy atom. The van der Waals surface area contributed by atoms with Crippen LogP contribution in [0.5, 0.6) is 5.75 Å². The molecule has 1 N–H and O–H groups in total. The van der Waals surface area contributed by atoms with Crippen molar-refractivity contribution >= 4 is 33.9 Å². The van der Waals surface area contributed by atoms with Gasteiger partial charge in [-0.1, -0.05) is 36.4 Å². The molecule has 2 aromatic heterocycles. The van der Waals surface area contributed by atoms with Crippen LogP contribution in [0.1, 0.15) is 27.8 Å². The van der Waals surface area contributed by atoms with E-state index in [4.69, 9.17) is 9.47 Å². The van der Waals surface area contributed by atoms with E-state index >= 15 is 0 Å².